The third-order valence-corrected chi connectivity index (χ3v) is 2.36. The van der Waals surface area contributed by atoms with Crippen molar-refractivity contribution < 1.29 is 28.2 Å². The third kappa shape index (κ3) is 9.70. The van der Waals surface area contributed by atoms with E-state index in [9.17, 15) is 18.8 Å². The molecule has 0 radical (unpaired) electrons. The first kappa shape index (κ1) is 21.1. The molecule has 23 heavy (non-hydrogen) atoms. The van der Waals surface area contributed by atoms with Gasteiger partial charge in [-0.05, 0) is 41.5 Å². The second kappa shape index (κ2) is 8.12. The van der Waals surface area contributed by atoms with Crippen LogP contribution in [-0.2, 0) is 19.1 Å². The molecule has 0 aliphatic heterocycles. The molecule has 0 rings (SSSR count). The summed E-state index contributed by atoms with van der Waals surface area (Å²) >= 11 is 0. The molecule has 0 bridgehead atoms. The summed E-state index contributed by atoms with van der Waals surface area (Å²) in [5, 5.41) is 4.39. The van der Waals surface area contributed by atoms with Crippen molar-refractivity contribution in [1.82, 2.24) is 10.6 Å². The van der Waals surface area contributed by atoms with Crippen LogP contribution in [0.2, 0.25) is 0 Å². The molecule has 0 heterocycles. The maximum atomic E-state index is 13.8. The summed E-state index contributed by atoms with van der Waals surface area (Å²) in [6, 6.07) is -1.34. The number of ether oxygens (including phenoxy) is 2. The smallest absolute Gasteiger partial charge is 0.408 e. The van der Waals surface area contributed by atoms with Crippen LogP contribution in [0, 0.1) is 0 Å². The summed E-state index contributed by atoms with van der Waals surface area (Å²) in [6.45, 7) is 9.87. The van der Waals surface area contributed by atoms with Gasteiger partial charge in [-0.25, -0.2) is 14.0 Å². The standard InChI is InChI=1S/C15H27FN2O5/c1-14(2,3)22-12(20)10(8-9(16)11(19)17-7)18-13(21)23-15(4,5)6/h9-10H,8H2,1-7H3,(H,17,19)(H,18,21)/t9-,10-/m1/s1. The molecule has 0 fully saturated rings. The fourth-order valence-electron chi connectivity index (χ4n) is 1.51. The van der Waals surface area contributed by atoms with Gasteiger partial charge in [-0.15, -0.1) is 0 Å². The minimum absolute atomic E-state index is 0.548. The van der Waals surface area contributed by atoms with E-state index in [2.05, 4.69) is 10.6 Å². The van der Waals surface area contributed by atoms with E-state index in [4.69, 9.17) is 9.47 Å². The highest BCUT2D eigenvalue weighted by Gasteiger charge is 2.32. The molecule has 7 nitrogen and oxygen atoms in total. The van der Waals surface area contributed by atoms with Crippen LogP contribution in [0.3, 0.4) is 0 Å². The Bertz CT molecular complexity index is 440. The van der Waals surface area contributed by atoms with E-state index < -0.39 is 47.8 Å². The Kier molecular flexibility index (Phi) is 7.47. The molecule has 0 spiro atoms. The summed E-state index contributed by atoms with van der Waals surface area (Å²) in [5.41, 5.74) is -1.59. The summed E-state index contributed by atoms with van der Waals surface area (Å²) < 4.78 is 24.0. The van der Waals surface area contributed by atoms with Gasteiger partial charge in [-0.2, -0.15) is 0 Å². The quantitative estimate of drug-likeness (QED) is 0.746. The van der Waals surface area contributed by atoms with Crippen molar-refractivity contribution in [2.75, 3.05) is 7.05 Å². The molecule has 0 aliphatic carbocycles. The van der Waals surface area contributed by atoms with E-state index in [-0.39, 0.29) is 0 Å². The largest absolute Gasteiger partial charge is 0.458 e. The average molecular weight is 334 g/mol. The second-order valence-electron chi connectivity index (χ2n) is 7.05. The minimum Gasteiger partial charge on any atom is -0.458 e. The first-order chi connectivity index (χ1) is 10.2. The topological polar surface area (TPSA) is 93.7 Å². The van der Waals surface area contributed by atoms with Gasteiger partial charge in [0, 0.05) is 13.5 Å². The summed E-state index contributed by atoms with van der Waals surface area (Å²) in [7, 11) is 1.28. The molecular weight excluding hydrogens is 307 g/mol. The lowest BCUT2D eigenvalue weighted by molar-refractivity contribution is -0.158. The highest BCUT2D eigenvalue weighted by Crippen LogP contribution is 2.13. The van der Waals surface area contributed by atoms with Gasteiger partial charge in [0.2, 0.25) is 0 Å². The van der Waals surface area contributed by atoms with Crippen LogP contribution in [0.25, 0.3) is 0 Å². The van der Waals surface area contributed by atoms with E-state index in [1.54, 1.807) is 41.5 Å². The second-order valence-corrected chi connectivity index (χ2v) is 7.05. The lowest BCUT2D eigenvalue weighted by Crippen LogP contribution is -2.48. The van der Waals surface area contributed by atoms with Crippen LogP contribution in [0.1, 0.15) is 48.0 Å². The number of rotatable bonds is 5. The molecule has 134 valence electrons. The predicted octanol–water partition coefficient (Wildman–Crippen LogP) is 1.70. The molecule has 0 aromatic rings. The van der Waals surface area contributed by atoms with Crippen molar-refractivity contribution in [2.45, 2.75) is 71.4 Å². The monoisotopic (exact) mass is 334 g/mol. The van der Waals surface area contributed by atoms with Gasteiger partial charge in [-0.3, -0.25) is 4.79 Å². The Hall–Kier alpha value is -1.86. The van der Waals surface area contributed by atoms with Gasteiger partial charge in [-0.1, -0.05) is 0 Å². The number of carbonyl (C=O) groups is 3. The van der Waals surface area contributed by atoms with Gasteiger partial charge in [0.15, 0.2) is 6.17 Å². The lowest BCUT2D eigenvalue weighted by Gasteiger charge is -2.26. The molecule has 2 amide bonds. The number of esters is 1. The van der Waals surface area contributed by atoms with Crippen LogP contribution in [0.5, 0.6) is 0 Å². The number of amides is 2. The molecule has 2 atom stereocenters. The average Bonchev–Trinajstić information content (AvgIpc) is 2.32. The molecule has 8 heteroatoms. The SMILES string of the molecule is CNC(=O)[C@H](F)C[C@@H](NC(=O)OC(C)(C)C)C(=O)OC(C)(C)C. The van der Waals surface area contributed by atoms with Crippen molar-refractivity contribution in [3.05, 3.63) is 0 Å². The van der Waals surface area contributed by atoms with Crippen molar-refractivity contribution in [3.8, 4) is 0 Å². The minimum atomic E-state index is -1.97. The van der Waals surface area contributed by atoms with Gasteiger partial charge >= 0.3 is 12.1 Å². The first-order valence-electron chi connectivity index (χ1n) is 7.33. The zero-order chi connectivity index (χ0) is 18.4. The fraction of sp³-hybridized carbons (Fsp3) is 0.800. The van der Waals surface area contributed by atoms with Gasteiger partial charge < -0.3 is 20.1 Å². The highest BCUT2D eigenvalue weighted by atomic mass is 19.1. The van der Waals surface area contributed by atoms with E-state index in [0.717, 1.165) is 0 Å². The number of hydrogen-bond acceptors (Lipinski definition) is 5. The molecule has 0 aromatic heterocycles. The van der Waals surface area contributed by atoms with E-state index >= 15 is 0 Å². The van der Waals surface area contributed by atoms with E-state index in [1.165, 1.54) is 7.05 Å². The van der Waals surface area contributed by atoms with Crippen molar-refractivity contribution >= 4 is 18.0 Å². The summed E-state index contributed by atoms with van der Waals surface area (Å²) in [6.07, 6.45) is -3.40. The number of hydrogen-bond donors (Lipinski definition) is 2. The van der Waals surface area contributed by atoms with Crippen molar-refractivity contribution in [1.29, 1.82) is 0 Å². The zero-order valence-corrected chi connectivity index (χ0v) is 14.8. The number of alkyl carbamates (subject to hydrolysis) is 1. The molecule has 2 N–H and O–H groups in total. The maximum Gasteiger partial charge on any atom is 0.408 e. The van der Waals surface area contributed by atoms with Crippen molar-refractivity contribution in [3.63, 3.8) is 0 Å². The molecule has 0 saturated carbocycles. The first-order valence-corrected chi connectivity index (χ1v) is 7.33. The third-order valence-electron chi connectivity index (χ3n) is 2.36. The number of carbonyl (C=O) groups excluding carboxylic acids is 3. The van der Waals surface area contributed by atoms with Crippen molar-refractivity contribution in [2.24, 2.45) is 0 Å². The highest BCUT2D eigenvalue weighted by molar-refractivity contribution is 5.84. The van der Waals surface area contributed by atoms with Crippen LogP contribution in [0.15, 0.2) is 0 Å². The van der Waals surface area contributed by atoms with E-state index in [0.29, 0.717) is 0 Å². The lowest BCUT2D eigenvalue weighted by atomic mass is 10.1. The Balaban J connectivity index is 5.03. The molecule has 0 unspecified atom stereocenters. The van der Waals surface area contributed by atoms with Gasteiger partial charge in [0.25, 0.3) is 5.91 Å². The Morgan fingerprint density at radius 3 is 1.87 bits per heavy atom. The fourth-order valence-corrected chi connectivity index (χ4v) is 1.51. The maximum absolute atomic E-state index is 13.8. The van der Waals surface area contributed by atoms with Crippen LogP contribution in [-0.4, -0.2) is 48.4 Å². The van der Waals surface area contributed by atoms with Gasteiger partial charge in [0.1, 0.15) is 17.2 Å². The van der Waals surface area contributed by atoms with Crippen LogP contribution >= 0.6 is 0 Å². The summed E-state index contributed by atoms with van der Waals surface area (Å²) in [5.74, 6) is -1.72. The molecular formula is C15H27FN2O5. The predicted molar refractivity (Wildman–Crippen MR) is 82.6 cm³/mol. The number of alkyl halides is 1. The zero-order valence-electron chi connectivity index (χ0n) is 14.8. The Labute approximate surface area is 136 Å². The molecule has 0 saturated heterocycles. The Morgan fingerprint density at radius 2 is 1.48 bits per heavy atom. The molecule has 0 aromatic carbocycles. The van der Waals surface area contributed by atoms with Crippen LogP contribution in [0.4, 0.5) is 9.18 Å². The van der Waals surface area contributed by atoms with Crippen LogP contribution < -0.4 is 10.6 Å². The normalized spacial score (nSPS) is 14.4. The Morgan fingerprint density at radius 1 is 1.00 bits per heavy atom. The summed E-state index contributed by atoms with van der Waals surface area (Å²) in [4.78, 5) is 35.2. The number of halogens is 1. The molecule has 0 aliphatic rings. The number of nitrogens with one attached hydrogen (secondary N) is 2. The van der Waals surface area contributed by atoms with E-state index in [1.807, 2.05) is 0 Å². The van der Waals surface area contributed by atoms with Gasteiger partial charge in [0.05, 0.1) is 0 Å².